The third kappa shape index (κ3) is 2.93. The van der Waals surface area contributed by atoms with Crippen molar-refractivity contribution < 1.29 is 28.8 Å². The number of likely N-dealkylation sites (N-methyl/N-ethyl adjacent to an activating group) is 1. The second-order valence-corrected chi connectivity index (χ2v) is 6.94. The maximum atomic E-state index is 12.9. The van der Waals surface area contributed by atoms with Crippen LogP contribution in [0, 0.1) is 6.92 Å². The number of ether oxygens (including phenoxy) is 1. The molecule has 3 heterocycles. The number of benzene rings is 1. The second-order valence-electron chi connectivity index (χ2n) is 6.94. The lowest BCUT2D eigenvalue weighted by Crippen LogP contribution is -2.63. The van der Waals surface area contributed by atoms with Gasteiger partial charge < -0.3 is 9.84 Å². The fourth-order valence-electron chi connectivity index (χ4n) is 3.62. The summed E-state index contributed by atoms with van der Waals surface area (Å²) in [5.74, 6) is -0.270. The van der Waals surface area contributed by atoms with Gasteiger partial charge in [-0.15, -0.1) is 0 Å². The number of urea groups is 1. The average Bonchev–Trinajstić information content (AvgIpc) is 3.20. The quantitative estimate of drug-likeness (QED) is 0.746. The van der Waals surface area contributed by atoms with Crippen molar-refractivity contribution in [1.82, 2.24) is 14.4 Å². The summed E-state index contributed by atoms with van der Waals surface area (Å²) in [5, 5.41) is 9.06. The number of imide groups is 1. The SMILES string of the molecule is COc1ccc(Cn2c(C)c[n+]3c2N=C2C3C(=O)N(CC(=O)O)C(=O)N2C)cc1. The monoisotopic (exact) mass is 398 g/mol. The van der Waals surface area contributed by atoms with Gasteiger partial charge in [0.15, 0.2) is 0 Å². The van der Waals surface area contributed by atoms with Crippen molar-refractivity contribution in [3.8, 4) is 5.75 Å². The molecule has 0 radical (unpaired) electrons. The lowest BCUT2D eigenvalue weighted by atomic mass is 10.1. The number of nitrogens with zero attached hydrogens (tertiary/aromatic N) is 5. The first-order chi connectivity index (χ1) is 13.8. The van der Waals surface area contributed by atoms with Crippen LogP contribution >= 0.6 is 0 Å². The Hall–Kier alpha value is -3.69. The number of carbonyl (C=O) groups excluding carboxylic acids is 2. The fraction of sp³-hybridized carbons (Fsp3) is 0.316. The molecule has 29 heavy (non-hydrogen) atoms. The van der Waals surface area contributed by atoms with E-state index in [-0.39, 0.29) is 0 Å². The summed E-state index contributed by atoms with van der Waals surface area (Å²) in [6, 6.07) is 6.07. The standard InChI is InChI=1S/C19H19N5O5/c1-11-8-23-15-16(21(2)19(28)24(17(15)27)10-14(25)26)20-18(23)22(11)9-12-4-6-13(29-3)7-5-12/h4-8,15H,9-10H2,1-3H3/p+1. The van der Waals surface area contributed by atoms with Crippen LogP contribution in [0.5, 0.6) is 5.75 Å². The number of aliphatic carboxylic acids is 1. The van der Waals surface area contributed by atoms with Crippen molar-refractivity contribution >= 4 is 29.7 Å². The number of carboxylic acids is 1. The van der Waals surface area contributed by atoms with Crippen LogP contribution in [0.25, 0.3) is 0 Å². The molecule has 1 fully saturated rings. The first-order valence-electron chi connectivity index (χ1n) is 8.95. The Morgan fingerprint density at radius 1 is 1.28 bits per heavy atom. The number of imidazole rings is 1. The molecule has 0 bridgehead atoms. The van der Waals surface area contributed by atoms with E-state index in [1.807, 2.05) is 35.8 Å². The highest BCUT2D eigenvalue weighted by Crippen LogP contribution is 2.29. The van der Waals surface area contributed by atoms with Gasteiger partial charge in [-0.25, -0.2) is 18.8 Å². The number of amides is 3. The molecule has 10 heteroatoms. The van der Waals surface area contributed by atoms with E-state index in [9.17, 15) is 14.4 Å². The van der Waals surface area contributed by atoms with Crippen molar-refractivity contribution in [2.75, 3.05) is 20.7 Å². The molecule has 1 N–H and O–H groups in total. The molecule has 2 aliphatic rings. The molecule has 3 amide bonds. The summed E-state index contributed by atoms with van der Waals surface area (Å²) in [6.07, 6.45) is 1.79. The van der Waals surface area contributed by atoms with Crippen LogP contribution in [0.3, 0.4) is 0 Å². The highest BCUT2D eigenvalue weighted by atomic mass is 16.5. The fourth-order valence-corrected chi connectivity index (χ4v) is 3.62. The van der Waals surface area contributed by atoms with E-state index in [1.165, 1.54) is 11.9 Å². The smallest absolute Gasteiger partial charge is 0.402 e. The van der Waals surface area contributed by atoms with E-state index in [1.54, 1.807) is 17.9 Å². The van der Waals surface area contributed by atoms with E-state index in [2.05, 4.69) is 4.99 Å². The zero-order chi connectivity index (χ0) is 20.9. The van der Waals surface area contributed by atoms with E-state index in [0.717, 1.165) is 21.9 Å². The first kappa shape index (κ1) is 18.7. The summed E-state index contributed by atoms with van der Waals surface area (Å²) >= 11 is 0. The molecular weight excluding hydrogens is 378 g/mol. The molecule has 1 aromatic carbocycles. The average molecular weight is 398 g/mol. The van der Waals surface area contributed by atoms with Gasteiger partial charge in [-0.3, -0.25) is 14.5 Å². The number of aryl methyl sites for hydroxylation is 1. The summed E-state index contributed by atoms with van der Waals surface area (Å²) in [7, 11) is 3.09. The maximum absolute atomic E-state index is 12.9. The minimum Gasteiger partial charge on any atom is -0.497 e. The summed E-state index contributed by atoms with van der Waals surface area (Å²) in [6.45, 7) is 1.74. The molecule has 1 atom stereocenters. The van der Waals surface area contributed by atoms with E-state index in [0.29, 0.717) is 18.3 Å². The van der Waals surface area contributed by atoms with E-state index < -0.39 is 30.5 Å². The van der Waals surface area contributed by atoms with Gasteiger partial charge in [-0.05, 0) is 24.6 Å². The molecule has 2 aliphatic heterocycles. The molecule has 1 saturated heterocycles. The molecular formula is C19H20N5O5+. The Morgan fingerprint density at radius 3 is 2.59 bits per heavy atom. The number of methoxy groups -OCH3 is 1. The minimum atomic E-state index is -1.25. The van der Waals surface area contributed by atoms with Gasteiger partial charge >= 0.3 is 17.9 Å². The number of rotatable bonds is 5. The van der Waals surface area contributed by atoms with Crippen LogP contribution in [0.4, 0.5) is 10.7 Å². The second kappa shape index (κ2) is 6.73. The molecule has 0 spiro atoms. The van der Waals surface area contributed by atoms with Crippen molar-refractivity contribution in [3.63, 3.8) is 0 Å². The Bertz CT molecular complexity index is 1060. The number of hydrogen-bond acceptors (Lipinski definition) is 5. The van der Waals surface area contributed by atoms with Crippen LogP contribution in [-0.4, -0.2) is 63.9 Å². The lowest BCUT2D eigenvalue weighted by molar-refractivity contribution is -0.677. The number of amidine groups is 1. The van der Waals surface area contributed by atoms with Crippen LogP contribution < -0.4 is 9.30 Å². The van der Waals surface area contributed by atoms with Crippen molar-refractivity contribution in [2.24, 2.45) is 4.99 Å². The van der Waals surface area contributed by atoms with Gasteiger partial charge in [-0.1, -0.05) is 17.1 Å². The van der Waals surface area contributed by atoms with Crippen LogP contribution in [0.2, 0.25) is 0 Å². The van der Waals surface area contributed by atoms with Crippen molar-refractivity contribution in [3.05, 3.63) is 41.7 Å². The Labute approximate surface area is 166 Å². The third-order valence-corrected chi connectivity index (χ3v) is 5.12. The van der Waals surface area contributed by atoms with Gasteiger partial charge in [0, 0.05) is 7.05 Å². The molecule has 150 valence electrons. The predicted octanol–water partition coefficient (Wildman–Crippen LogP) is 0.704. The van der Waals surface area contributed by atoms with Gasteiger partial charge in [0.25, 0.3) is 5.91 Å². The highest BCUT2D eigenvalue weighted by Gasteiger charge is 2.53. The van der Waals surface area contributed by atoms with Crippen LogP contribution in [0.15, 0.2) is 35.5 Å². The molecule has 1 aromatic heterocycles. The Morgan fingerprint density at radius 2 is 1.97 bits per heavy atom. The Balaban J connectivity index is 1.71. The number of aliphatic imine (C=N–C) groups is 1. The summed E-state index contributed by atoms with van der Waals surface area (Å²) < 4.78 is 8.82. The maximum Gasteiger partial charge on any atom is 0.402 e. The number of hydrogen-bond donors (Lipinski definition) is 1. The minimum absolute atomic E-state index is 0.292. The third-order valence-electron chi connectivity index (χ3n) is 5.12. The van der Waals surface area contributed by atoms with Gasteiger partial charge in [0.2, 0.25) is 11.9 Å². The number of fused-ring (bicyclic) bond motifs is 3. The molecule has 2 aromatic rings. The zero-order valence-electron chi connectivity index (χ0n) is 16.2. The number of carbonyl (C=O) groups is 3. The lowest BCUT2D eigenvalue weighted by Gasteiger charge is -2.32. The van der Waals surface area contributed by atoms with Gasteiger partial charge in [0.1, 0.15) is 24.2 Å². The molecule has 0 aliphatic carbocycles. The van der Waals surface area contributed by atoms with Crippen LogP contribution in [-0.2, 0) is 16.1 Å². The van der Waals surface area contributed by atoms with Gasteiger partial charge in [0.05, 0.1) is 13.7 Å². The Kier molecular flexibility index (Phi) is 4.33. The molecule has 4 rings (SSSR count). The summed E-state index contributed by atoms with van der Waals surface area (Å²) in [5.41, 5.74) is 1.90. The van der Waals surface area contributed by atoms with Crippen molar-refractivity contribution in [1.29, 1.82) is 0 Å². The van der Waals surface area contributed by atoms with Crippen molar-refractivity contribution in [2.45, 2.75) is 19.5 Å². The first-order valence-corrected chi connectivity index (χ1v) is 8.95. The summed E-state index contributed by atoms with van der Waals surface area (Å²) in [4.78, 5) is 43.0. The molecule has 10 nitrogen and oxygen atoms in total. The topological polar surface area (TPSA) is 108 Å². The highest BCUT2D eigenvalue weighted by molar-refractivity contribution is 6.19. The molecule has 1 unspecified atom stereocenters. The van der Waals surface area contributed by atoms with Gasteiger partial charge in [-0.2, -0.15) is 0 Å². The van der Waals surface area contributed by atoms with E-state index in [4.69, 9.17) is 9.84 Å². The molecule has 0 saturated carbocycles. The van der Waals surface area contributed by atoms with Crippen LogP contribution in [0.1, 0.15) is 17.3 Å². The number of aromatic nitrogens is 2. The normalized spacial score (nSPS) is 17.9. The predicted molar refractivity (Wildman–Crippen MR) is 100 cm³/mol. The number of carboxylic acid groups (broad SMARTS) is 1. The van der Waals surface area contributed by atoms with E-state index >= 15 is 0 Å². The largest absolute Gasteiger partial charge is 0.497 e. The zero-order valence-corrected chi connectivity index (χ0v) is 16.2.